The Morgan fingerprint density at radius 2 is 2.00 bits per heavy atom. The van der Waals surface area contributed by atoms with Crippen LogP contribution in [0.25, 0.3) is 0 Å². The minimum absolute atomic E-state index is 0.139. The molecule has 1 aliphatic rings. The lowest BCUT2D eigenvalue weighted by atomic mass is 10.2. The Morgan fingerprint density at radius 3 is 2.65 bits per heavy atom. The average Bonchev–Trinajstić information content (AvgIpc) is 2.97. The Labute approximate surface area is 155 Å². The lowest BCUT2D eigenvalue weighted by Crippen LogP contribution is -2.19. The van der Waals surface area contributed by atoms with Crippen molar-refractivity contribution in [2.45, 2.75) is 13.3 Å². The van der Waals surface area contributed by atoms with E-state index in [-0.39, 0.29) is 5.91 Å². The zero-order valence-corrected chi connectivity index (χ0v) is 15.8. The van der Waals surface area contributed by atoms with Crippen LogP contribution in [0.3, 0.4) is 0 Å². The van der Waals surface area contributed by atoms with E-state index in [1.807, 2.05) is 18.2 Å². The Balaban J connectivity index is 1.70. The molecule has 0 spiro atoms. The molecule has 1 atom stereocenters. The molecule has 1 N–H and O–H groups in total. The Bertz CT molecular complexity index is 717. The molecule has 0 radical (unpaired) electrons. The van der Waals surface area contributed by atoms with Crippen LogP contribution in [0.15, 0.2) is 42.5 Å². The van der Waals surface area contributed by atoms with Gasteiger partial charge in [-0.2, -0.15) is 0 Å². The van der Waals surface area contributed by atoms with Gasteiger partial charge in [-0.15, -0.1) is 0 Å². The number of nitrogens with one attached hydrogen (secondary N) is 1. The number of hydrogen-bond donors (Lipinski definition) is 1. The van der Waals surface area contributed by atoms with Gasteiger partial charge in [0.1, 0.15) is 0 Å². The van der Waals surface area contributed by atoms with Crippen LogP contribution >= 0.6 is 34.2 Å². The molecule has 0 aliphatic carbocycles. The summed E-state index contributed by atoms with van der Waals surface area (Å²) in [5.74, 6) is 0.610. The third-order valence-corrected chi connectivity index (χ3v) is 5.26. The summed E-state index contributed by atoms with van der Waals surface area (Å²) in [5, 5.41) is 3.50. The predicted molar refractivity (Wildman–Crippen MR) is 105 cm³/mol. The highest BCUT2D eigenvalue weighted by molar-refractivity contribution is 14.1. The van der Waals surface area contributed by atoms with E-state index in [9.17, 15) is 4.79 Å². The summed E-state index contributed by atoms with van der Waals surface area (Å²) in [6.07, 6.45) is 1.24. The van der Waals surface area contributed by atoms with E-state index >= 15 is 0 Å². The first kappa shape index (κ1) is 16.6. The van der Waals surface area contributed by atoms with Gasteiger partial charge in [-0.1, -0.05) is 18.5 Å². The number of halogens is 2. The van der Waals surface area contributed by atoms with E-state index in [2.05, 4.69) is 51.9 Å². The van der Waals surface area contributed by atoms with Gasteiger partial charge in [-0.25, -0.2) is 0 Å². The van der Waals surface area contributed by atoms with Crippen molar-refractivity contribution in [1.29, 1.82) is 0 Å². The van der Waals surface area contributed by atoms with Gasteiger partial charge >= 0.3 is 0 Å². The molecule has 23 heavy (non-hydrogen) atoms. The van der Waals surface area contributed by atoms with Crippen molar-refractivity contribution < 1.29 is 4.79 Å². The van der Waals surface area contributed by atoms with Crippen molar-refractivity contribution in [3.8, 4) is 0 Å². The molecule has 2 aromatic rings. The topological polar surface area (TPSA) is 32.3 Å². The highest BCUT2D eigenvalue weighted by Gasteiger charge is 2.18. The van der Waals surface area contributed by atoms with Crippen LogP contribution in [0.1, 0.15) is 23.7 Å². The number of rotatable bonds is 3. The van der Waals surface area contributed by atoms with Crippen molar-refractivity contribution in [2.24, 2.45) is 5.92 Å². The summed E-state index contributed by atoms with van der Waals surface area (Å²) in [7, 11) is 0. The minimum atomic E-state index is -0.139. The second-order valence-electron chi connectivity index (χ2n) is 5.97. The maximum absolute atomic E-state index is 12.4. The van der Waals surface area contributed by atoms with Crippen molar-refractivity contribution in [3.63, 3.8) is 0 Å². The molecule has 2 aromatic carbocycles. The van der Waals surface area contributed by atoms with Crippen LogP contribution < -0.4 is 10.2 Å². The average molecular weight is 441 g/mol. The van der Waals surface area contributed by atoms with Crippen LogP contribution in [0, 0.1) is 9.49 Å². The van der Waals surface area contributed by atoms with Gasteiger partial charge < -0.3 is 10.2 Å². The van der Waals surface area contributed by atoms with Gasteiger partial charge in [0.25, 0.3) is 5.91 Å². The molecule has 3 rings (SSSR count). The van der Waals surface area contributed by atoms with Crippen molar-refractivity contribution in [3.05, 3.63) is 56.6 Å². The molecule has 3 nitrogen and oxygen atoms in total. The highest BCUT2D eigenvalue weighted by atomic mass is 127. The molecule has 0 saturated carbocycles. The monoisotopic (exact) mass is 440 g/mol. The van der Waals surface area contributed by atoms with Gasteiger partial charge in [0.05, 0.1) is 5.56 Å². The van der Waals surface area contributed by atoms with Crippen LogP contribution in [0.5, 0.6) is 0 Å². The lowest BCUT2D eigenvalue weighted by molar-refractivity contribution is 0.102. The predicted octanol–water partition coefficient (Wildman–Crippen LogP) is 5.04. The maximum atomic E-state index is 12.4. The molecule has 0 bridgehead atoms. The zero-order chi connectivity index (χ0) is 16.4. The fraction of sp³-hybridized carbons (Fsp3) is 0.278. The number of amides is 1. The van der Waals surface area contributed by atoms with E-state index in [1.165, 1.54) is 12.1 Å². The molecule has 1 saturated heterocycles. The van der Waals surface area contributed by atoms with E-state index in [1.54, 1.807) is 12.1 Å². The van der Waals surface area contributed by atoms with E-state index in [0.29, 0.717) is 10.6 Å². The molecule has 120 valence electrons. The number of nitrogens with zero attached hydrogens (tertiary/aromatic N) is 1. The Kier molecular flexibility index (Phi) is 5.11. The molecule has 1 aliphatic heterocycles. The standard InChI is InChI=1S/C18H18ClIN2O/c1-12-8-9-22(11-12)15-5-3-14(4-6-15)21-18(23)16-10-13(19)2-7-17(16)20/h2-7,10,12H,8-9,11H2,1H3,(H,21,23). The third-order valence-electron chi connectivity index (χ3n) is 4.09. The first-order valence-corrected chi connectivity index (χ1v) is 9.10. The fourth-order valence-electron chi connectivity index (χ4n) is 2.80. The van der Waals surface area contributed by atoms with Gasteiger partial charge in [0, 0.05) is 33.1 Å². The van der Waals surface area contributed by atoms with Crippen molar-refractivity contribution in [1.82, 2.24) is 0 Å². The molecule has 1 heterocycles. The third kappa shape index (κ3) is 3.98. The number of carbonyl (C=O) groups excluding carboxylic acids is 1. The smallest absolute Gasteiger partial charge is 0.256 e. The van der Waals surface area contributed by atoms with Crippen molar-refractivity contribution >= 4 is 51.5 Å². The Hall–Kier alpha value is -1.27. The summed E-state index contributed by atoms with van der Waals surface area (Å²) >= 11 is 8.12. The van der Waals surface area contributed by atoms with Crippen molar-refractivity contribution in [2.75, 3.05) is 23.3 Å². The van der Waals surface area contributed by atoms with Crippen LogP contribution in [-0.2, 0) is 0 Å². The summed E-state index contributed by atoms with van der Waals surface area (Å²) in [6.45, 7) is 4.49. The first-order valence-electron chi connectivity index (χ1n) is 7.64. The SMILES string of the molecule is CC1CCN(c2ccc(NC(=O)c3cc(Cl)ccc3I)cc2)C1. The molecular weight excluding hydrogens is 423 g/mol. The zero-order valence-electron chi connectivity index (χ0n) is 12.9. The van der Waals surface area contributed by atoms with Gasteiger partial charge in [-0.05, 0) is 77.4 Å². The summed E-state index contributed by atoms with van der Waals surface area (Å²) < 4.78 is 0.882. The van der Waals surface area contributed by atoms with E-state index < -0.39 is 0 Å². The summed E-state index contributed by atoms with van der Waals surface area (Å²) in [5.41, 5.74) is 2.60. The molecule has 1 fully saturated rings. The van der Waals surface area contributed by atoms with E-state index in [4.69, 9.17) is 11.6 Å². The quantitative estimate of drug-likeness (QED) is 0.678. The van der Waals surface area contributed by atoms with Gasteiger partial charge in [-0.3, -0.25) is 4.79 Å². The molecule has 0 aromatic heterocycles. The van der Waals surface area contributed by atoms with Gasteiger partial charge in [0.15, 0.2) is 0 Å². The summed E-state index contributed by atoms with van der Waals surface area (Å²) in [6, 6.07) is 13.4. The Morgan fingerprint density at radius 1 is 1.26 bits per heavy atom. The highest BCUT2D eigenvalue weighted by Crippen LogP contribution is 2.25. The summed E-state index contributed by atoms with van der Waals surface area (Å²) in [4.78, 5) is 14.8. The molecule has 1 unspecified atom stereocenters. The number of hydrogen-bond acceptors (Lipinski definition) is 2. The minimum Gasteiger partial charge on any atom is -0.371 e. The largest absolute Gasteiger partial charge is 0.371 e. The first-order chi connectivity index (χ1) is 11.0. The number of anilines is 2. The second-order valence-corrected chi connectivity index (χ2v) is 7.56. The normalized spacial score (nSPS) is 17.3. The molecule has 5 heteroatoms. The lowest BCUT2D eigenvalue weighted by Gasteiger charge is -2.18. The maximum Gasteiger partial charge on any atom is 0.256 e. The number of benzene rings is 2. The van der Waals surface area contributed by atoms with Crippen LogP contribution in [0.2, 0.25) is 5.02 Å². The van der Waals surface area contributed by atoms with Crippen LogP contribution in [0.4, 0.5) is 11.4 Å². The molecular formula is C18H18ClIN2O. The van der Waals surface area contributed by atoms with Gasteiger partial charge in [0.2, 0.25) is 0 Å². The molecule has 1 amide bonds. The number of carbonyl (C=O) groups is 1. The fourth-order valence-corrected chi connectivity index (χ4v) is 3.55. The second kappa shape index (κ2) is 7.09. The van der Waals surface area contributed by atoms with Crippen LogP contribution in [-0.4, -0.2) is 19.0 Å². The van der Waals surface area contributed by atoms with E-state index in [0.717, 1.165) is 28.3 Å².